The molecule has 118 valence electrons. The average molecular weight is 300 g/mol. The van der Waals surface area contributed by atoms with Crippen molar-refractivity contribution in [2.75, 3.05) is 29.9 Å². The first-order valence-electron chi connectivity index (χ1n) is 7.92. The Labute approximate surface area is 131 Å². The van der Waals surface area contributed by atoms with Crippen LogP contribution in [-0.2, 0) is 13.6 Å². The lowest BCUT2D eigenvalue weighted by Gasteiger charge is -2.33. The molecule has 0 atom stereocenters. The lowest BCUT2D eigenvalue weighted by Crippen LogP contribution is -2.35. The summed E-state index contributed by atoms with van der Waals surface area (Å²) in [4.78, 5) is 6.89. The number of anilines is 2. The second-order valence-corrected chi connectivity index (χ2v) is 6.03. The van der Waals surface area contributed by atoms with Gasteiger partial charge in [-0.05, 0) is 42.5 Å². The molecule has 0 amide bonds. The van der Waals surface area contributed by atoms with Gasteiger partial charge in [0.25, 0.3) is 0 Å². The molecule has 0 aromatic carbocycles. The minimum absolute atomic E-state index is 0.301. The number of piperidine rings is 1. The SMILES string of the molecule is Cn1ccc(CNc2cccnc2N2CCC(CO)CC2)c1. The number of aromatic nitrogens is 2. The van der Waals surface area contributed by atoms with Gasteiger partial charge in [-0.3, -0.25) is 0 Å². The van der Waals surface area contributed by atoms with Crippen LogP contribution < -0.4 is 10.2 Å². The fraction of sp³-hybridized carbons (Fsp3) is 0.471. The molecule has 0 spiro atoms. The Bertz CT molecular complexity index is 602. The van der Waals surface area contributed by atoms with E-state index in [2.05, 4.69) is 44.3 Å². The zero-order valence-corrected chi connectivity index (χ0v) is 13.1. The van der Waals surface area contributed by atoms with E-state index >= 15 is 0 Å². The number of aryl methyl sites for hydroxylation is 1. The summed E-state index contributed by atoms with van der Waals surface area (Å²) in [5, 5.41) is 12.8. The monoisotopic (exact) mass is 300 g/mol. The van der Waals surface area contributed by atoms with E-state index in [1.54, 1.807) is 0 Å². The van der Waals surface area contributed by atoms with Crippen molar-refractivity contribution in [1.82, 2.24) is 9.55 Å². The molecule has 5 heteroatoms. The lowest BCUT2D eigenvalue weighted by atomic mass is 9.98. The van der Waals surface area contributed by atoms with Crippen molar-refractivity contribution in [3.63, 3.8) is 0 Å². The summed E-state index contributed by atoms with van der Waals surface area (Å²) < 4.78 is 2.06. The van der Waals surface area contributed by atoms with Crippen molar-refractivity contribution < 1.29 is 5.11 Å². The predicted octanol–water partition coefficient (Wildman–Crippen LogP) is 2.24. The van der Waals surface area contributed by atoms with E-state index in [1.165, 1.54) is 5.56 Å². The van der Waals surface area contributed by atoms with Crippen molar-refractivity contribution >= 4 is 11.5 Å². The first-order chi connectivity index (χ1) is 10.8. The molecule has 1 aliphatic rings. The Balaban J connectivity index is 1.67. The van der Waals surface area contributed by atoms with Crippen LogP contribution >= 0.6 is 0 Å². The number of nitrogens with zero attached hydrogens (tertiary/aromatic N) is 3. The summed E-state index contributed by atoms with van der Waals surface area (Å²) >= 11 is 0. The van der Waals surface area contributed by atoms with E-state index in [0.717, 1.165) is 44.0 Å². The molecular formula is C17H24N4O. The summed E-state index contributed by atoms with van der Waals surface area (Å²) in [7, 11) is 2.03. The molecule has 3 rings (SSSR count). The molecular weight excluding hydrogens is 276 g/mol. The minimum Gasteiger partial charge on any atom is -0.396 e. The van der Waals surface area contributed by atoms with Gasteiger partial charge in [0.1, 0.15) is 0 Å². The van der Waals surface area contributed by atoms with Crippen LogP contribution in [-0.4, -0.2) is 34.4 Å². The highest BCUT2D eigenvalue weighted by Crippen LogP contribution is 2.27. The van der Waals surface area contributed by atoms with Gasteiger partial charge in [-0.25, -0.2) is 4.98 Å². The Morgan fingerprint density at radius 1 is 1.32 bits per heavy atom. The second kappa shape index (κ2) is 6.83. The van der Waals surface area contributed by atoms with E-state index in [0.29, 0.717) is 12.5 Å². The van der Waals surface area contributed by atoms with Gasteiger partial charge in [-0.2, -0.15) is 0 Å². The van der Waals surface area contributed by atoms with Crippen molar-refractivity contribution in [1.29, 1.82) is 0 Å². The van der Waals surface area contributed by atoms with Crippen LogP contribution in [0.1, 0.15) is 18.4 Å². The number of rotatable bonds is 5. The van der Waals surface area contributed by atoms with Crippen LogP contribution in [0, 0.1) is 5.92 Å². The number of aliphatic hydroxyl groups is 1. The van der Waals surface area contributed by atoms with E-state index in [9.17, 15) is 5.11 Å². The molecule has 1 saturated heterocycles. The van der Waals surface area contributed by atoms with Gasteiger partial charge in [-0.15, -0.1) is 0 Å². The van der Waals surface area contributed by atoms with Gasteiger partial charge >= 0.3 is 0 Å². The molecule has 2 aromatic heterocycles. The van der Waals surface area contributed by atoms with Crippen LogP contribution in [0.4, 0.5) is 11.5 Å². The van der Waals surface area contributed by atoms with Gasteiger partial charge < -0.3 is 19.9 Å². The molecule has 2 N–H and O–H groups in total. The highest BCUT2D eigenvalue weighted by Gasteiger charge is 2.21. The van der Waals surface area contributed by atoms with Gasteiger partial charge in [-0.1, -0.05) is 0 Å². The Kier molecular flexibility index (Phi) is 4.63. The number of aliphatic hydroxyl groups excluding tert-OH is 1. The van der Waals surface area contributed by atoms with E-state index in [4.69, 9.17) is 0 Å². The average Bonchev–Trinajstić information content (AvgIpc) is 2.99. The normalized spacial score (nSPS) is 16.0. The molecule has 0 bridgehead atoms. The number of pyridine rings is 1. The molecule has 1 fully saturated rings. The third-order valence-corrected chi connectivity index (χ3v) is 4.34. The molecule has 0 saturated carbocycles. The summed E-state index contributed by atoms with van der Waals surface area (Å²) in [6, 6.07) is 6.18. The van der Waals surface area contributed by atoms with Gasteiger partial charge in [0, 0.05) is 51.9 Å². The first kappa shape index (κ1) is 14.9. The molecule has 0 radical (unpaired) electrons. The van der Waals surface area contributed by atoms with Gasteiger partial charge in [0.05, 0.1) is 5.69 Å². The Hall–Kier alpha value is -2.01. The molecule has 22 heavy (non-hydrogen) atoms. The van der Waals surface area contributed by atoms with Crippen molar-refractivity contribution in [3.05, 3.63) is 42.4 Å². The standard InChI is InChI=1S/C17H24N4O/c1-20-8-4-15(12-20)11-19-16-3-2-7-18-17(16)21-9-5-14(13-22)6-10-21/h2-4,7-8,12,14,19,22H,5-6,9-11,13H2,1H3. The largest absolute Gasteiger partial charge is 0.396 e. The quantitative estimate of drug-likeness (QED) is 0.889. The highest BCUT2D eigenvalue weighted by atomic mass is 16.3. The molecule has 1 aliphatic heterocycles. The zero-order chi connectivity index (χ0) is 15.4. The van der Waals surface area contributed by atoms with E-state index in [1.807, 2.05) is 19.3 Å². The molecule has 3 heterocycles. The maximum Gasteiger partial charge on any atom is 0.151 e. The van der Waals surface area contributed by atoms with Crippen molar-refractivity contribution in [3.8, 4) is 0 Å². The number of hydrogen-bond acceptors (Lipinski definition) is 4. The minimum atomic E-state index is 0.301. The second-order valence-electron chi connectivity index (χ2n) is 6.03. The fourth-order valence-electron chi connectivity index (χ4n) is 2.98. The van der Waals surface area contributed by atoms with Crippen molar-refractivity contribution in [2.24, 2.45) is 13.0 Å². The van der Waals surface area contributed by atoms with Gasteiger partial charge in [0.15, 0.2) is 5.82 Å². The predicted molar refractivity (Wildman–Crippen MR) is 89.0 cm³/mol. The Morgan fingerprint density at radius 3 is 2.82 bits per heavy atom. The summed E-state index contributed by atoms with van der Waals surface area (Å²) in [6.07, 6.45) is 8.09. The summed E-state index contributed by atoms with van der Waals surface area (Å²) in [6.45, 7) is 3.02. The lowest BCUT2D eigenvalue weighted by molar-refractivity contribution is 0.203. The third kappa shape index (κ3) is 3.42. The van der Waals surface area contributed by atoms with Crippen LogP contribution in [0.2, 0.25) is 0 Å². The van der Waals surface area contributed by atoms with Crippen LogP contribution in [0.15, 0.2) is 36.8 Å². The molecule has 2 aromatic rings. The molecule has 0 unspecified atom stereocenters. The van der Waals surface area contributed by atoms with Gasteiger partial charge in [0.2, 0.25) is 0 Å². The summed E-state index contributed by atoms with van der Waals surface area (Å²) in [5.41, 5.74) is 2.34. The van der Waals surface area contributed by atoms with Crippen LogP contribution in [0.25, 0.3) is 0 Å². The number of nitrogens with one attached hydrogen (secondary N) is 1. The van der Waals surface area contributed by atoms with E-state index < -0.39 is 0 Å². The van der Waals surface area contributed by atoms with E-state index in [-0.39, 0.29) is 0 Å². The smallest absolute Gasteiger partial charge is 0.151 e. The maximum absolute atomic E-state index is 9.27. The third-order valence-electron chi connectivity index (χ3n) is 4.34. The molecule has 5 nitrogen and oxygen atoms in total. The topological polar surface area (TPSA) is 53.3 Å². The van der Waals surface area contributed by atoms with Crippen LogP contribution in [0.5, 0.6) is 0 Å². The first-order valence-corrected chi connectivity index (χ1v) is 7.92. The highest BCUT2D eigenvalue weighted by molar-refractivity contribution is 5.65. The molecule has 0 aliphatic carbocycles. The Morgan fingerprint density at radius 2 is 2.14 bits per heavy atom. The summed E-state index contributed by atoms with van der Waals surface area (Å²) in [5.74, 6) is 1.47. The maximum atomic E-state index is 9.27. The van der Waals surface area contributed by atoms with Crippen molar-refractivity contribution in [2.45, 2.75) is 19.4 Å². The zero-order valence-electron chi connectivity index (χ0n) is 13.1. The number of hydrogen-bond donors (Lipinski definition) is 2. The fourth-order valence-corrected chi connectivity index (χ4v) is 2.98. The van der Waals surface area contributed by atoms with Crippen LogP contribution in [0.3, 0.4) is 0 Å².